The van der Waals surface area contributed by atoms with Gasteiger partial charge in [0.25, 0.3) is 0 Å². The van der Waals surface area contributed by atoms with Gasteiger partial charge in [-0.2, -0.15) is 5.26 Å². The minimum atomic E-state index is -0.391. The molecule has 0 radical (unpaired) electrons. The molecule has 0 aliphatic carbocycles. The summed E-state index contributed by atoms with van der Waals surface area (Å²) >= 11 is 0. The topological polar surface area (TPSA) is 112 Å². The fourth-order valence-electron chi connectivity index (χ4n) is 3.71. The van der Waals surface area contributed by atoms with Gasteiger partial charge >= 0.3 is 0 Å². The molecule has 0 atom stereocenters. The molecule has 0 unspecified atom stereocenters. The second kappa shape index (κ2) is 10.6. The maximum Gasteiger partial charge on any atom is 0.238 e. The molecule has 1 saturated heterocycles. The Kier molecular flexibility index (Phi) is 7.20. The molecule has 1 aliphatic rings. The highest BCUT2D eigenvalue weighted by Crippen LogP contribution is 2.32. The third-order valence-electron chi connectivity index (χ3n) is 5.46. The highest BCUT2D eigenvalue weighted by Gasteiger charge is 2.14. The van der Waals surface area contributed by atoms with Crippen molar-refractivity contribution < 1.29 is 14.3 Å². The van der Waals surface area contributed by atoms with Gasteiger partial charge in [0.05, 0.1) is 37.8 Å². The summed E-state index contributed by atoms with van der Waals surface area (Å²) in [7, 11) is 1.53. The molecule has 0 spiro atoms. The normalized spacial score (nSPS) is 13.1. The number of nitriles is 1. The lowest BCUT2D eigenvalue weighted by Crippen LogP contribution is -2.36. The number of hydrogen-bond donors (Lipinski definition) is 2. The molecule has 1 amide bonds. The van der Waals surface area contributed by atoms with Gasteiger partial charge in [0.15, 0.2) is 0 Å². The first-order valence-electron chi connectivity index (χ1n) is 11.0. The summed E-state index contributed by atoms with van der Waals surface area (Å²) in [5, 5.41) is 14.7. The number of methoxy groups -OCH3 is 1. The van der Waals surface area contributed by atoms with Crippen LogP contribution in [0.4, 0.5) is 23.0 Å². The van der Waals surface area contributed by atoms with Crippen LogP contribution in [0.2, 0.25) is 0 Å². The van der Waals surface area contributed by atoms with Gasteiger partial charge < -0.3 is 25.0 Å². The lowest BCUT2D eigenvalue weighted by molar-refractivity contribution is -0.115. The lowest BCUT2D eigenvalue weighted by Gasteiger charge is -2.28. The molecule has 0 saturated carbocycles. The van der Waals surface area contributed by atoms with Crippen molar-refractivity contribution in [3.05, 3.63) is 54.2 Å². The molecule has 0 bridgehead atoms. The quantitative estimate of drug-likeness (QED) is 0.548. The molecule has 2 aromatic carbocycles. The van der Waals surface area contributed by atoms with E-state index in [9.17, 15) is 4.79 Å². The van der Waals surface area contributed by atoms with Crippen LogP contribution < -0.4 is 20.3 Å². The number of carbonyl (C=O) groups is 1. The number of benzene rings is 2. The molecule has 1 aliphatic heterocycles. The Balaban J connectivity index is 1.53. The first kappa shape index (κ1) is 23.0. The Hall–Kier alpha value is -4.16. The number of morpholine rings is 1. The molecular formula is C25H26N6O3. The predicted molar refractivity (Wildman–Crippen MR) is 130 cm³/mol. The van der Waals surface area contributed by atoms with Crippen LogP contribution in [0.1, 0.15) is 12.0 Å². The standard InChI is InChI=1S/C25H26N6O3/c1-17-16-27-25(28-19-4-6-20(7-5-19)31-11-13-34-14-12-31)30-24(17)18-3-8-21(22(15-18)33-2)29-23(32)9-10-26/h3-8,15-16H,9,11-14H2,1-2H3,(H,29,32)(H,27,28,30). The molecule has 34 heavy (non-hydrogen) atoms. The van der Waals surface area contributed by atoms with E-state index in [1.807, 2.05) is 31.2 Å². The maximum absolute atomic E-state index is 11.8. The Morgan fingerprint density at radius 3 is 2.68 bits per heavy atom. The fraction of sp³-hybridized carbons (Fsp3) is 0.280. The van der Waals surface area contributed by atoms with Gasteiger partial charge in [-0.1, -0.05) is 6.07 Å². The Morgan fingerprint density at radius 1 is 1.21 bits per heavy atom. The van der Waals surface area contributed by atoms with Crippen molar-refractivity contribution in [1.29, 1.82) is 5.26 Å². The van der Waals surface area contributed by atoms with Crippen LogP contribution in [-0.2, 0) is 9.53 Å². The summed E-state index contributed by atoms with van der Waals surface area (Å²) in [6.45, 7) is 5.21. The van der Waals surface area contributed by atoms with Gasteiger partial charge in [-0.25, -0.2) is 9.97 Å². The van der Waals surface area contributed by atoms with Gasteiger partial charge in [-0.15, -0.1) is 0 Å². The van der Waals surface area contributed by atoms with E-state index >= 15 is 0 Å². The number of aryl methyl sites for hydroxylation is 1. The summed E-state index contributed by atoms with van der Waals surface area (Å²) < 4.78 is 10.9. The molecule has 1 fully saturated rings. The van der Waals surface area contributed by atoms with Crippen molar-refractivity contribution in [2.24, 2.45) is 0 Å². The van der Waals surface area contributed by atoms with Crippen LogP contribution >= 0.6 is 0 Å². The van der Waals surface area contributed by atoms with Gasteiger partial charge in [-0.3, -0.25) is 4.79 Å². The SMILES string of the molecule is COc1cc(-c2nc(Nc3ccc(N4CCOCC4)cc3)ncc2C)ccc1NC(=O)CC#N. The lowest BCUT2D eigenvalue weighted by atomic mass is 10.1. The second-order valence-electron chi connectivity index (χ2n) is 7.79. The summed E-state index contributed by atoms with van der Waals surface area (Å²) in [5.41, 5.74) is 5.01. The number of aromatic nitrogens is 2. The maximum atomic E-state index is 11.8. The van der Waals surface area contributed by atoms with E-state index in [1.165, 1.54) is 7.11 Å². The average Bonchev–Trinajstić information content (AvgIpc) is 2.86. The first-order valence-corrected chi connectivity index (χ1v) is 11.0. The van der Waals surface area contributed by atoms with E-state index in [2.05, 4.69) is 32.7 Å². The van der Waals surface area contributed by atoms with Gasteiger partial charge in [0.2, 0.25) is 11.9 Å². The largest absolute Gasteiger partial charge is 0.495 e. The number of anilines is 4. The summed E-state index contributed by atoms with van der Waals surface area (Å²) in [4.78, 5) is 23.2. The molecular weight excluding hydrogens is 432 g/mol. The second-order valence-corrected chi connectivity index (χ2v) is 7.79. The molecule has 2 heterocycles. The number of carbonyl (C=O) groups excluding carboxylic acids is 1. The van der Waals surface area contributed by atoms with E-state index in [1.54, 1.807) is 18.3 Å². The van der Waals surface area contributed by atoms with Crippen LogP contribution in [0.5, 0.6) is 5.75 Å². The summed E-state index contributed by atoms with van der Waals surface area (Å²) in [5.74, 6) is 0.568. The number of nitrogens with zero attached hydrogens (tertiary/aromatic N) is 4. The molecule has 1 aromatic heterocycles. The zero-order valence-electron chi connectivity index (χ0n) is 19.2. The van der Waals surface area contributed by atoms with E-state index in [-0.39, 0.29) is 6.42 Å². The highest BCUT2D eigenvalue weighted by atomic mass is 16.5. The van der Waals surface area contributed by atoms with E-state index < -0.39 is 5.91 Å². The molecule has 4 rings (SSSR count). The number of ether oxygens (including phenoxy) is 2. The number of amides is 1. The van der Waals surface area contributed by atoms with Crippen molar-refractivity contribution in [1.82, 2.24) is 9.97 Å². The van der Waals surface area contributed by atoms with Crippen molar-refractivity contribution >= 4 is 28.9 Å². The summed E-state index contributed by atoms with van der Waals surface area (Å²) in [6, 6.07) is 15.4. The Morgan fingerprint density at radius 2 is 1.97 bits per heavy atom. The van der Waals surface area contributed by atoms with Crippen molar-refractivity contribution in [3.8, 4) is 23.1 Å². The smallest absolute Gasteiger partial charge is 0.238 e. The zero-order chi connectivity index (χ0) is 23.9. The molecule has 9 heteroatoms. The molecule has 2 N–H and O–H groups in total. The predicted octanol–water partition coefficient (Wildman–Crippen LogP) is 3.89. The van der Waals surface area contributed by atoms with Gasteiger partial charge in [0.1, 0.15) is 12.2 Å². The van der Waals surface area contributed by atoms with Crippen LogP contribution in [0.3, 0.4) is 0 Å². The minimum absolute atomic E-state index is 0.224. The first-order chi connectivity index (χ1) is 16.6. The number of hydrogen-bond acceptors (Lipinski definition) is 8. The van der Waals surface area contributed by atoms with Crippen molar-refractivity contribution in [2.75, 3.05) is 48.9 Å². The third kappa shape index (κ3) is 5.42. The number of rotatable bonds is 7. The van der Waals surface area contributed by atoms with Crippen LogP contribution in [0, 0.1) is 18.3 Å². The Bertz CT molecular complexity index is 1200. The average molecular weight is 459 g/mol. The van der Waals surface area contributed by atoms with Crippen LogP contribution in [0.25, 0.3) is 11.3 Å². The molecule has 174 valence electrons. The Labute approximate surface area is 198 Å². The van der Waals surface area contributed by atoms with Gasteiger partial charge in [-0.05, 0) is 48.9 Å². The van der Waals surface area contributed by atoms with Crippen LogP contribution in [0.15, 0.2) is 48.7 Å². The van der Waals surface area contributed by atoms with Crippen molar-refractivity contribution in [3.63, 3.8) is 0 Å². The van der Waals surface area contributed by atoms with Crippen LogP contribution in [-0.4, -0.2) is 49.3 Å². The molecule has 9 nitrogen and oxygen atoms in total. The fourth-order valence-corrected chi connectivity index (χ4v) is 3.71. The third-order valence-corrected chi connectivity index (χ3v) is 5.46. The van der Waals surface area contributed by atoms with E-state index in [0.717, 1.165) is 54.5 Å². The highest BCUT2D eigenvalue weighted by molar-refractivity contribution is 5.94. The zero-order valence-corrected chi connectivity index (χ0v) is 19.2. The van der Waals surface area contributed by atoms with E-state index in [4.69, 9.17) is 19.7 Å². The van der Waals surface area contributed by atoms with E-state index in [0.29, 0.717) is 17.4 Å². The van der Waals surface area contributed by atoms with Crippen molar-refractivity contribution in [2.45, 2.75) is 13.3 Å². The van der Waals surface area contributed by atoms with Gasteiger partial charge in [0, 0.05) is 36.2 Å². The summed E-state index contributed by atoms with van der Waals surface area (Å²) in [6.07, 6.45) is 1.54. The minimum Gasteiger partial charge on any atom is -0.495 e. The number of nitrogens with one attached hydrogen (secondary N) is 2. The molecule has 3 aromatic rings. The monoisotopic (exact) mass is 458 g/mol.